The minimum absolute atomic E-state index is 0.148. The van der Waals surface area contributed by atoms with Crippen molar-refractivity contribution in [3.05, 3.63) is 36.7 Å². The molecular formula is C19H36N2. The number of hydrogen-bond acceptors (Lipinski definition) is 2. The molecule has 1 atom stereocenters. The minimum Gasteiger partial charge on any atom is -0.368 e. The fraction of sp³-hybridized carbons (Fsp3) is 0.684. The lowest BCUT2D eigenvalue weighted by Gasteiger charge is -2.40. The van der Waals surface area contributed by atoms with Crippen LogP contribution in [0.2, 0.25) is 0 Å². The molecule has 2 nitrogen and oxygen atoms in total. The van der Waals surface area contributed by atoms with Gasteiger partial charge in [-0.25, -0.2) is 0 Å². The van der Waals surface area contributed by atoms with Crippen molar-refractivity contribution in [3.8, 4) is 0 Å². The van der Waals surface area contributed by atoms with E-state index in [1.54, 1.807) is 6.20 Å². The van der Waals surface area contributed by atoms with E-state index < -0.39 is 0 Å². The SMILES string of the molecule is C=CN/C=C(\C)CC(CC(=C)C(C)(C)C)N(C)C(C)(C)C. The zero-order valence-electron chi connectivity index (χ0n) is 15.5. The summed E-state index contributed by atoms with van der Waals surface area (Å²) < 4.78 is 0. The molecule has 0 heterocycles. The monoisotopic (exact) mass is 292 g/mol. The van der Waals surface area contributed by atoms with Gasteiger partial charge in [0.1, 0.15) is 0 Å². The molecule has 1 N–H and O–H groups in total. The summed E-state index contributed by atoms with van der Waals surface area (Å²) in [4.78, 5) is 2.47. The predicted molar refractivity (Wildman–Crippen MR) is 96.2 cm³/mol. The second-order valence-corrected chi connectivity index (χ2v) is 8.06. The van der Waals surface area contributed by atoms with Crippen LogP contribution in [0.4, 0.5) is 0 Å². The minimum atomic E-state index is 0.148. The third-order valence-electron chi connectivity index (χ3n) is 4.15. The van der Waals surface area contributed by atoms with Crippen LogP contribution in [0, 0.1) is 5.41 Å². The van der Waals surface area contributed by atoms with Crippen molar-refractivity contribution in [2.45, 2.75) is 72.9 Å². The molecule has 0 saturated heterocycles. The maximum atomic E-state index is 4.32. The van der Waals surface area contributed by atoms with E-state index in [1.165, 1.54) is 11.1 Å². The van der Waals surface area contributed by atoms with Crippen molar-refractivity contribution in [1.29, 1.82) is 0 Å². The van der Waals surface area contributed by atoms with E-state index in [0.29, 0.717) is 6.04 Å². The van der Waals surface area contributed by atoms with Crippen molar-refractivity contribution in [2.75, 3.05) is 7.05 Å². The van der Waals surface area contributed by atoms with Gasteiger partial charge in [-0.15, -0.1) is 0 Å². The Morgan fingerprint density at radius 2 is 1.67 bits per heavy atom. The summed E-state index contributed by atoms with van der Waals surface area (Å²) in [6.07, 6.45) is 5.80. The predicted octanol–water partition coefficient (Wildman–Crippen LogP) is 5.10. The van der Waals surface area contributed by atoms with E-state index in [4.69, 9.17) is 0 Å². The second kappa shape index (κ2) is 7.84. The Morgan fingerprint density at radius 3 is 2.05 bits per heavy atom. The molecule has 0 fully saturated rings. The quantitative estimate of drug-likeness (QED) is 0.656. The van der Waals surface area contributed by atoms with Crippen molar-refractivity contribution in [2.24, 2.45) is 5.41 Å². The lowest BCUT2D eigenvalue weighted by molar-refractivity contribution is 0.112. The molecule has 21 heavy (non-hydrogen) atoms. The molecule has 0 bridgehead atoms. The van der Waals surface area contributed by atoms with Gasteiger partial charge in [0.25, 0.3) is 0 Å². The molecule has 0 rings (SSSR count). The lowest BCUT2D eigenvalue weighted by atomic mass is 9.82. The van der Waals surface area contributed by atoms with E-state index in [9.17, 15) is 0 Å². The van der Waals surface area contributed by atoms with E-state index in [-0.39, 0.29) is 11.0 Å². The fourth-order valence-corrected chi connectivity index (χ4v) is 2.12. The Hall–Kier alpha value is -1.02. The summed E-state index contributed by atoms with van der Waals surface area (Å²) in [5.41, 5.74) is 2.95. The van der Waals surface area contributed by atoms with Crippen LogP contribution < -0.4 is 5.32 Å². The van der Waals surface area contributed by atoms with Gasteiger partial charge in [0.05, 0.1) is 0 Å². The van der Waals surface area contributed by atoms with Crippen LogP contribution in [0.5, 0.6) is 0 Å². The van der Waals surface area contributed by atoms with Gasteiger partial charge in [0, 0.05) is 11.6 Å². The number of rotatable bonds is 7. The topological polar surface area (TPSA) is 15.3 Å². The lowest BCUT2D eigenvalue weighted by Crippen LogP contribution is -2.46. The van der Waals surface area contributed by atoms with Crippen molar-refractivity contribution in [1.82, 2.24) is 10.2 Å². The molecule has 0 aromatic heterocycles. The van der Waals surface area contributed by atoms with E-state index in [1.807, 2.05) is 6.20 Å². The van der Waals surface area contributed by atoms with Crippen molar-refractivity contribution >= 4 is 0 Å². The summed E-state index contributed by atoms with van der Waals surface area (Å²) in [7, 11) is 2.22. The van der Waals surface area contributed by atoms with E-state index in [2.05, 4.69) is 78.9 Å². The Bertz CT molecular complexity index is 377. The summed E-state index contributed by atoms with van der Waals surface area (Å²) in [6, 6.07) is 0.458. The Balaban J connectivity index is 5.11. The van der Waals surface area contributed by atoms with Gasteiger partial charge in [-0.05, 0) is 65.4 Å². The zero-order valence-corrected chi connectivity index (χ0v) is 15.5. The van der Waals surface area contributed by atoms with Crippen LogP contribution in [0.25, 0.3) is 0 Å². The smallest absolute Gasteiger partial charge is 0.0172 e. The Labute approximate surface area is 133 Å². The third-order valence-corrected chi connectivity index (χ3v) is 4.15. The molecular weight excluding hydrogens is 256 g/mol. The molecule has 0 amide bonds. The van der Waals surface area contributed by atoms with Gasteiger partial charge in [-0.1, -0.05) is 45.1 Å². The first-order valence-electron chi connectivity index (χ1n) is 7.83. The molecule has 0 aromatic carbocycles. The highest BCUT2D eigenvalue weighted by Crippen LogP contribution is 2.31. The van der Waals surface area contributed by atoms with Crippen molar-refractivity contribution in [3.63, 3.8) is 0 Å². The average Bonchev–Trinajstić information content (AvgIpc) is 2.32. The Morgan fingerprint density at radius 1 is 1.14 bits per heavy atom. The van der Waals surface area contributed by atoms with Gasteiger partial charge >= 0.3 is 0 Å². The molecule has 1 unspecified atom stereocenters. The number of nitrogens with zero attached hydrogens (tertiary/aromatic N) is 1. The second-order valence-electron chi connectivity index (χ2n) is 8.06. The van der Waals surface area contributed by atoms with Crippen LogP contribution in [0.3, 0.4) is 0 Å². The molecule has 0 aromatic rings. The molecule has 0 aliphatic carbocycles. The maximum Gasteiger partial charge on any atom is 0.0172 e. The van der Waals surface area contributed by atoms with Crippen molar-refractivity contribution < 1.29 is 0 Å². The molecule has 122 valence electrons. The zero-order chi connectivity index (χ0) is 16.8. The largest absolute Gasteiger partial charge is 0.368 e. The first-order chi connectivity index (χ1) is 9.39. The first kappa shape index (κ1) is 20.0. The third kappa shape index (κ3) is 7.52. The summed E-state index contributed by atoms with van der Waals surface area (Å²) in [5.74, 6) is 0. The fourth-order valence-electron chi connectivity index (χ4n) is 2.12. The molecule has 0 saturated carbocycles. The van der Waals surface area contributed by atoms with Gasteiger partial charge in [-0.3, -0.25) is 4.90 Å². The summed E-state index contributed by atoms with van der Waals surface area (Å²) in [5, 5.41) is 3.08. The summed E-state index contributed by atoms with van der Waals surface area (Å²) in [6.45, 7) is 23.7. The van der Waals surface area contributed by atoms with Crippen LogP contribution in [0.1, 0.15) is 61.3 Å². The van der Waals surface area contributed by atoms with Crippen LogP contribution in [-0.4, -0.2) is 23.5 Å². The Kier molecular flexibility index (Phi) is 7.46. The van der Waals surface area contributed by atoms with Gasteiger partial charge in [-0.2, -0.15) is 0 Å². The normalized spacial score (nSPS) is 15.0. The van der Waals surface area contributed by atoms with Gasteiger partial charge in [0.2, 0.25) is 0 Å². The molecule has 0 spiro atoms. The molecule has 2 heteroatoms. The van der Waals surface area contributed by atoms with Crippen LogP contribution >= 0.6 is 0 Å². The highest BCUT2D eigenvalue weighted by Gasteiger charge is 2.28. The van der Waals surface area contributed by atoms with E-state index >= 15 is 0 Å². The highest BCUT2D eigenvalue weighted by atomic mass is 15.2. The highest BCUT2D eigenvalue weighted by molar-refractivity contribution is 5.11. The number of nitrogens with one attached hydrogen (secondary N) is 1. The molecule has 0 radical (unpaired) electrons. The van der Waals surface area contributed by atoms with Gasteiger partial charge in [0.15, 0.2) is 0 Å². The van der Waals surface area contributed by atoms with Crippen LogP contribution in [0.15, 0.2) is 36.7 Å². The first-order valence-corrected chi connectivity index (χ1v) is 7.83. The summed E-state index contributed by atoms with van der Waals surface area (Å²) >= 11 is 0. The standard InChI is InChI=1S/C19H36N2/c1-11-20-14-15(2)12-17(21(10)19(7,8)9)13-16(3)18(4,5)6/h11,14,17,20H,1,3,12-13H2,2,4-10H3/b15-14+. The van der Waals surface area contributed by atoms with E-state index in [0.717, 1.165) is 12.8 Å². The molecule has 0 aliphatic heterocycles. The number of hydrogen-bond donors (Lipinski definition) is 1. The average molecular weight is 293 g/mol. The molecule has 0 aliphatic rings. The maximum absolute atomic E-state index is 4.32. The van der Waals surface area contributed by atoms with Crippen LogP contribution in [-0.2, 0) is 0 Å². The van der Waals surface area contributed by atoms with Gasteiger partial charge < -0.3 is 5.32 Å².